The number of hydrogen-bond donors (Lipinski definition) is 2. The number of carboxylic acid groups (broad SMARTS) is 1. The quantitative estimate of drug-likeness (QED) is 0.535. The van der Waals surface area contributed by atoms with E-state index in [0.717, 1.165) is 18.6 Å². The molecular formula is C14H29NO2S. The minimum Gasteiger partial charge on any atom is -0.480 e. The highest BCUT2D eigenvalue weighted by Crippen LogP contribution is 2.16. The Kier molecular flexibility index (Phi) is 10.5. The van der Waals surface area contributed by atoms with Crippen molar-refractivity contribution in [3.8, 4) is 0 Å². The Morgan fingerprint density at radius 1 is 1.17 bits per heavy atom. The molecule has 108 valence electrons. The number of carboxylic acids is 1. The summed E-state index contributed by atoms with van der Waals surface area (Å²) in [6.07, 6.45) is 6.73. The standard InChI is InChI=1S/C14H29NO2S/c1-4-6-8-11-18-12-9-7-10-14(3,13(16)17)15-5-2/h15H,4-12H2,1-3H3,(H,16,17). The first kappa shape index (κ1) is 17.8. The zero-order valence-corrected chi connectivity index (χ0v) is 12.9. The third kappa shape index (κ3) is 7.98. The number of likely N-dealkylation sites (N-methyl/N-ethyl adjacent to an activating group) is 1. The van der Waals surface area contributed by atoms with Gasteiger partial charge in [-0.25, -0.2) is 0 Å². The number of aliphatic carboxylic acids is 1. The molecule has 0 heterocycles. The number of thioether (sulfide) groups is 1. The summed E-state index contributed by atoms with van der Waals surface area (Å²) in [5, 5.41) is 12.3. The Morgan fingerprint density at radius 3 is 2.28 bits per heavy atom. The molecule has 0 aliphatic carbocycles. The lowest BCUT2D eigenvalue weighted by Gasteiger charge is -2.25. The molecule has 0 saturated heterocycles. The van der Waals surface area contributed by atoms with Crippen molar-refractivity contribution in [3.63, 3.8) is 0 Å². The van der Waals surface area contributed by atoms with Gasteiger partial charge in [-0.2, -0.15) is 11.8 Å². The summed E-state index contributed by atoms with van der Waals surface area (Å²) < 4.78 is 0. The van der Waals surface area contributed by atoms with E-state index in [1.807, 2.05) is 18.7 Å². The maximum atomic E-state index is 11.2. The van der Waals surface area contributed by atoms with Crippen molar-refractivity contribution in [3.05, 3.63) is 0 Å². The molecule has 1 unspecified atom stereocenters. The van der Waals surface area contributed by atoms with Crippen LogP contribution in [-0.4, -0.2) is 34.7 Å². The van der Waals surface area contributed by atoms with E-state index in [1.165, 1.54) is 25.0 Å². The Balaban J connectivity index is 3.59. The first-order chi connectivity index (χ1) is 8.56. The normalized spacial score (nSPS) is 14.4. The Hall–Kier alpha value is -0.220. The zero-order valence-electron chi connectivity index (χ0n) is 12.1. The third-order valence-corrected chi connectivity index (χ3v) is 4.30. The predicted octanol–water partition coefficient (Wildman–Crippen LogP) is 3.53. The van der Waals surface area contributed by atoms with Gasteiger partial charge < -0.3 is 10.4 Å². The molecule has 0 rings (SSSR count). The Labute approximate surface area is 116 Å². The monoisotopic (exact) mass is 275 g/mol. The average molecular weight is 275 g/mol. The molecule has 1 atom stereocenters. The molecule has 3 nitrogen and oxygen atoms in total. The zero-order chi connectivity index (χ0) is 13.9. The van der Waals surface area contributed by atoms with E-state index < -0.39 is 11.5 Å². The van der Waals surface area contributed by atoms with Gasteiger partial charge in [0.1, 0.15) is 5.54 Å². The minimum atomic E-state index is -0.748. The van der Waals surface area contributed by atoms with Crippen molar-refractivity contribution in [2.45, 2.75) is 64.8 Å². The Bertz CT molecular complexity index is 224. The number of rotatable bonds is 12. The highest BCUT2D eigenvalue weighted by molar-refractivity contribution is 7.99. The van der Waals surface area contributed by atoms with Crippen LogP contribution in [0.2, 0.25) is 0 Å². The minimum absolute atomic E-state index is 0.703. The number of unbranched alkanes of at least 4 members (excludes halogenated alkanes) is 3. The second-order valence-corrected chi connectivity index (χ2v) is 6.17. The molecule has 0 aromatic heterocycles. The summed E-state index contributed by atoms with van der Waals surface area (Å²) in [4.78, 5) is 11.2. The lowest BCUT2D eigenvalue weighted by Crippen LogP contribution is -2.49. The van der Waals surface area contributed by atoms with Crippen molar-refractivity contribution in [1.29, 1.82) is 0 Å². The summed E-state index contributed by atoms with van der Waals surface area (Å²) in [5.74, 6) is 1.67. The fourth-order valence-electron chi connectivity index (χ4n) is 1.90. The molecule has 0 fully saturated rings. The molecule has 4 heteroatoms. The van der Waals surface area contributed by atoms with E-state index in [-0.39, 0.29) is 0 Å². The van der Waals surface area contributed by atoms with Crippen LogP contribution >= 0.6 is 11.8 Å². The molecule has 0 aliphatic heterocycles. The SMILES string of the molecule is CCCCCSCCCCC(C)(NCC)C(=O)O. The van der Waals surface area contributed by atoms with Crippen LogP contribution < -0.4 is 5.32 Å². The molecule has 18 heavy (non-hydrogen) atoms. The van der Waals surface area contributed by atoms with Crippen LogP contribution in [0.4, 0.5) is 0 Å². The summed E-state index contributed by atoms with van der Waals surface area (Å²) in [5.41, 5.74) is -0.748. The molecule has 0 bridgehead atoms. The highest BCUT2D eigenvalue weighted by Gasteiger charge is 2.30. The van der Waals surface area contributed by atoms with E-state index >= 15 is 0 Å². The lowest BCUT2D eigenvalue weighted by atomic mass is 9.95. The van der Waals surface area contributed by atoms with Crippen molar-refractivity contribution < 1.29 is 9.90 Å². The number of nitrogens with one attached hydrogen (secondary N) is 1. The van der Waals surface area contributed by atoms with Gasteiger partial charge in [-0.3, -0.25) is 4.79 Å². The van der Waals surface area contributed by atoms with E-state index in [2.05, 4.69) is 12.2 Å². The van der Waals surface area contributed by atoms with Gasteiger partial charge >= 0.3 is 5.97 Å². The van der Waals surface area contributed by atoms with E-state index in [9.17, 15) is 9.90 Å². The fourth-order valence-corrected chi connectivity index (χ4v) is 2.92. The molecule has 0 radical (unpaired) electrons. The molecule has 2 N–H and O–H groups in total. The molecule has 0 aromatic rings. The van der Waals surface area contributed by atoms with E-state index in [0.29, 0.717) is 13.0 Å². The predicted molar refractivity (Wildman–Crippen MR) is 80.4 cm³/mol. The van der Waals surface area contributed by atoms with Crippen LogP contribution in [0.25, 0.3) is 0 Å². The van der Waals surface area contributed by atoms with Crippen molar-refractivity contribution in [2.24, 2.45) is 0 Å². The topological polar surface area (TPSA) is 49.3 Å². The summed E-state index contributed by atoms with van der Waals surface area (Å²) in [6.45, 7) is 6.66. The van der Waals surface area contributed by atoms with Crippen LogP contribution in [0, 0.1) is 0 Å². The summed E-state index contributed by atoms with van der Waals surface area (Å²) >= 11 is 2.00. The largest absolute Gasteiger partial charge is 0.480 e. The summed E-state index contributed by atoms with van der Waals surface area (Å²) in [6, 6.07) is 0. The molecule has 0 aliphatic rings. The smallest absolute Gasteiger partial charge is 0.323 e. The van der Waals surface area contributed by atoms with Gasteiger partial charge in [-0.15, -0.1) is 0 Å². The summed E-state index contributed by atoms with van der Waals surface area (Å²) in [7, 11) is 0. The number of carbonyl (C=O) groups is 1. The van der Waals surface area contributed by atoms with Gasteiger partial charge in [-0.1, -0.05) is 33.1 Å². The maximum absolute atomic E-state index is 11.2. The highest BCUT2D eigenvalue weighted by atomic mass is 32.2. The second-order valence-electron chi connectivity index (χ2n) is 4.94. The van der Waals surface area contributed by atoms with Crippen LogP contribution in [0.1, 0.15) is 59.3 Å². The third-order valence-electron chi connectivity index (χ3n) is 3.15. The first-order valence-corrected chi connectivity index (χ1v) is 8.28. The average Bonchev–Trinajstić information content (AvgIpc) is 2.33. The van der Waals surface area contributed by atoms with E-state index in [1.54, 1.807) is 6.92 Å². The maximum Gasteiger partial charge on any atom is 0.323 e. The lowest BCUT2D eigenvalue weighted by molar-refractivity contribution is -0.144. The molecule has 0 amide bonds. The van der Waals surface area contributed by atoms with Crippen LogP contribution in [0.5, 0.6) is 0 Å². The van der Waals surface area contributed by atoms with Gasteiger partial charge in [0.05, 0.1) is 0 Å². The van der Waals surface area contributed by atoms with Crippen LogP contribution in [0.3, 0.4) is 0 Å². The molecule has 0 saturated carbocycles. The number of hydrogen-bond acceptors (Lipinski definition) is 3. The Morgan fingerprint density at radius 2 is 1.78 bits per heavy atom. The van der Waals surface area contributed by atoms with Crippen LogP contribution in [-0.2, 0) is 4.79 Å². The first-order valence-electron chi connectivity index (χ1n) is 7.13. The molecule has 0 spiro atoms. The fraction of sp³-hybridized carbons (Fsp3) is 0.929. The molecular weight excluding hydrogens is 246 g/mol. The van der Waals surface area contributed by atoms with Gasteiger partial charge in [-0.05, 0) is 44.2 Å². The molecule has 0 aromatic carbocycles. The van der Waals surface area contributed by atoms with Crippen molar-refractivity contribution >= 4 is 17.7 Å². The van der Waals surface area contributed by atoms with Gasteiger partial charge in [0, 0.05) is 0 Å². The van der Waals surface area contributed by atoms with Gasteiger partial charge in [0.2, 0.25) is 0 Å². The van der Waals surface area contributed by atoms with Crippen molar-refractivity contribution in [1.82, 2.24) is 5.32 Å². The van der Waals surface area contributed by atoms with Crippen LogP contribution in [0.15, 0.2) is 0 Å². The van der Waals surface area contributed by atoms with Gasteiger partial charge in [0.15, 0.2) is 0 Å². The second kappa shape index (κ2) is 10.7. The van der Waals surface area contributed by atoms with Gasteiger partial charge in [0.25, 0.3) is 0 Å². The van der Waals surface area contributed by atoms with Crippen molar-refractivity contribution in [2.75, 3.05) is 18.1 Å². The van der Waals surface area contributed by atoms with E-state index in [4.69, 9.17) is 0 Å².